The number of thiophene rings is 1. The minimum Gasteiger partial charge on any atom is -0.495 e. The fraction of sp³-hybridized carbons (Fsp3) is 0.381. The number of carbonyl (C=O) groups is 1. The van der Waals surface area contributed by atoms with Crippen molar-refractivity contribution in [3.8, 4) is 5.75 Å². The zero-order chi connectivity index (χ0) is 20.5. The molecular formula is C21H23ClN4O2S. The molecule has 0 saturated carbocycles. The van der Waals surface area contributed by atoms with Crippen LogP contribution in [-0.4, -0.2) is 35.6 Å². The summed E-state index contributed by atoms with van der Waals surface area (Å²) >= 11 is 7.57. The topological polar surface area (TPSA) is 67.3 Å². The Balaban J connectivity index is 1.68. The van der Waals surface area contributed by atoms with Crippen LogP contribution in [-0.2, 0) is 0 Å². The van der Waals surface area contributed by atoms with E-state index in [4.69, 9.17) is 16.3 Å². The second kappa shape index (κ2) is 8.16. The van der Waals surface area contributed by atoms with E-state index in [2.05, 4.69) is 27.1 Å². The Bertz CT molecular complexity index is 1070. The van der Waals surface area contributed by atoms with Crippen LogP contribution in [0.4, 0.5) is 11.5 Å². The Hall–Kier alpha value is -2.38. The van der Waals surface area contributed by atoms with Crippen molar-refractivity contribution in [3.63, 3.8) is 0 Å². The summed E-state index contributed by atoms with van der Waals surface area (Å²) in [4.78, 5) is 25.8. The Morgan fingerprint density at radius 3 is 2.90 bits per heavy atom. The van der Waals surface area contributed by atoms with Gasteiger partial charge < -0.3 is 15.0 Å². The van der Waals surface area contributed by atoms with Gasteiger partial charge in [0.05, 0.1) is 22.4 Å². The van der Waals surface area contributed by atoms with Crippen molar-refractivity contribution in [2.45, 2.75) is 39.2 Å². The van der Waals surface area contributed by atoms with Crippen molar-refractivity contribution in [1.29, 1.82) is 0 Å². The molecule has 0 radical (unpaired) electrons. The van der Waals surface area contributed by atoms with E-state index in [0.717, 1.165) is 41.0 Å². The van der Waals surface area contributed by atoms with Gasteiger partial charge in [0.15, 0.2) is 0 Å². The number of amides is 1. The molecule has 1 aromatic carbocycles. The summed E-state index contributed by atoms with van der Waals surface area (Å²) in [6.45, 7) is 5.18. The summed E-state index contributed by atoms with van der Waals surface area (Å²) in [5.74, 6) is 1.32. The standard InChI is InChI=1S/C21H23ClN4O2S/c1-12-6-4-5-9-26(12)19-17-13(2)18(29-21(17)24-11-23-19)20(27)25-14-7-8-16(28-3)15(22)10-14/h7-8,10-12H,4-6,9H2,1-3H3,(H,25,27)/t12-/m1/s1. The number of hydrogen-bond acceptors (Lipinski definition) is 6. The van der Waals surface area contributed by atoms with Crippen molar-refractivity contribution in [1.82, 2.24) is 9.97 Å². The number of halogens is 1. The fourth-order valence-corrected chi connectivity index (χ4v) is 5.13. The number of anilines is 2. The van der Waals surface area contributed by atoms with Crippen LogP contribution in [0.5, 0.6) is 5.75 Å². The molecule has 1 aliphatic rings. The molecule has 2 aromatic heterocycles. The molecular weight excluding hydrogens is 408 g/mol. The van der Waals surface area contributed by atoms with Crippen LogP contribution < -0.4 is 15.0 Å². The molecule has 0 unspecified atom stereocenters. The van der Waals surface area contributed by atoms with Crippen molar-refractivity contribution >= 4 is 50.6 Å². The second-order valence-electron chi connectivity index (χ2n) is 7.28. The number of benzene rings is 1. The lowest BCUT2D eigenvalue weighted by atomic mass is 10.0. The van der Waals surface area contributed by atoms with E-state index in [0.29, 0.717) is 27.4 Å². The normalized spacial score (nSPS) is 16.8. The van der Waals surface area contributed by atoms with Gasteiger partial charge in [0.1, 0.15) is 22.7 Å². The summed E-state index contributed by atoms with van der Waals surface area (Å²) in [6.07, 6.45) is 5.15. The molecule has 0 spiro atoms. The third-order valence-electron chi connectivity index (χ3n) is 5.40. The number of fused-ring (bicyclic) bond motifs is 1. The molecule has 0 bridgehead atoms. The van der Waals surface area contributed by atoms with Crippen LogP contribution in [0.1, 0.15) is 41.4 Å². The molecule has 152 valence electrons. The lowest BCUT2D eigenvalue weighted by molar-refractivity contribution is 0.103. The highest BCUT2D eigenvalue weighted by atomic mass is 35.5. The molecule has 1 fully saturated rings. The number of nitrogens with one attached hydrogen (secondary N) is 1. The average Bonchev–Trinajstić information content (AvgIpc) is 3.06. The maximum absolute atomic E-state index is 13.0. The van der Waals surface area contributed by atoms with Crippen LogP contribution >= 0.6 is 22.9 Å². The van der Waals surface area contributed by atoms with E-state index in [9.17, 15) is 4.79 Å². The van der Waals surface area contributed by atoms with E-state index < -0.39 is 0 Å². The van der Waals surface area contributed by atoms with Gasteiger partial charge in [0.2, 0.25) is 0 Å². The SMILES string of the molecule is COc1ccc(NC(=O)c2sc3ncnc(N4CCCC[C@H]4C)c3c2C)cc1Cl. The van der Waals surface area contributed by atoms with Gasteiger partial charge in [-0.3, -0.25) is 4.79 Å². The molecule has 3 aromatic rings. The van der Waals surface area contributed by atoms with Gasteiger partial charge in [-0.05, 0) is 56.9 Å². The Kier molecular flexibility index (Phi) is 5.61. The molecule has 8 heteroatoms. The minimum atomic E-state index is -0.177. The van der Waals surface area contributed by atoms with Crippen LogP contribution in [0.25, 0.3) is 10.2 Å². The average molecular weight is 431 g/mol. The number of hydrogen-bond donors (Lipinski definition) is 1. The first-order chi connectivity index (χ1) is 14.0. The third-order valence-corrected chi connectivity index (χ3v) is 6.89. The number of aryl methyl sites for hydroxylation is 1. The maximum atomic E-state index is 13.0. The fourth-order valence-electron chi connectivity index (χ4n) is 3.83. The summed E-state index contributed by atoms with van der Waals surface area (Å²) in [7, 11) is 1.56. The zero-order valence-electron chi connectivity index (χ0n) is 16.7. The highest BCUT2D eigenvalue weighted by molar-refractivity contribution is 7.20. The van der Waals surface area contributed by atoms with Crippen molar-refractivity contribution in [3.05, 3.63) is 40.0 Å². The number of methoxy groups -OCH3 is 1. The predicted octanol–water partition coefficient (Wildman–Crippen LogP) is 5.29. The Morgan fingerprint density at radius 2 is 2.17 bits per heavy atom. The molecule has 1 amide bonds. The molecule has 4 rings (SSSR count). The highest BCUT2D eigenvalue weighted by Crippen LogP contribution is 2.37. The highest BCUT2D eigenvalue weighted by Gasteiger charge is 2.26. The molecule has 3 heterocycles. The number of piperidine rings is 1. The predicted molar refractivity (Wildman–Crippen MR) is 119 cm³/mol. The van der Waals surface area contributed by atoms with Crippen molar-refractivity contribution in [2.75, 3.05) is 23.9 Å². The second-order valence-corrected chi connectivity index (χ2v) is 8.68. The van der Waals surface area contributed by atoms with Crippen molar-refractivity contribution < 1.29 is 9.53 Å². The monoisotopic (exact) mass is 430 g/mol. The van der Waals surface area contributed by atoms with E-state index in [1.807, 2.05) is 6.92 Å². The van der Waals surface area contributed by atoms with Gasteiger partial charge in [0.25, 0.3) is 5.91 Å². The number of nitrogens with zero attached hydrogens (tertiary/aromatic N) is 3. The van der Waals surface area contributed by atoms with Gasteiger partial charge in [-0.1, -0.05) is 11.6 Å². The third kappa shape index (κ3) is 3.76. The smallest absolute Gasteiger partial charge is 0.266 e. The first kappa shape index (κ1) is 19.9. The Morgan fingerprint density at radius 1 is 1.34 bits per heavy atom. The summed E-state index contributed by atoms with van der Waals surface area (Å²) in [5, 5.41) is 4.36. The molecule has 1 atom stereocenters. The number of ether oxygens (including phenoxy) is 1. The molecule has 29 heavy (non-hydrogen) atoms. The van der Waals surface area contributed by atoms with E-state index in [-0.39, 0.29) is 5.91 Å². The minimum absolute atomic E-state index is 0.177. The number of carbonyl (C=O) groups excluding carboxylic acids is 1. The van der Waals surface area contributed by atoms with Gasteiger partial charge >= 0.3 is 0 Å². The molecule has 0 aliphatic carbocycles. The first-order valence-electron chi connectivity index (χ1n) is 9.65. The van der Waals surface area contributed by atoms with Gasteiger partial charge in [-0.25, -0.2) is 9.97 Å². The van der Waals surface area contributed by atoms with Crippen LogP contribution in [0, 0.1) is 6.92 Å². The first-order valence-corrected chi connectivity index (χ1v) is 10.8. The van der Waals surface area contributed by atoms with E-state index in [1.54, 1.807) is 31.6 Å². The van der Waals surface area contributed by atoms with Gasteiger partial charge in [-0.15, -0.1) is 11.3 Å². The summed E-state index contributed by atoms with van der Waals surface area (Å²) in [5.41, 5.74) is 1.53. The van der Waals surface area contributed by atoms with Crippen LogP contribution in [0.3, 0.4) is 0 Å². The molecule has 6 nitrogen and oxygen atoms in total. The Labute approximate surface area is 178 Å². The molecule has 1 saturated heterocycles. The summed E-state index contributed by atoms with van der Waals surface area (Å²) < 4.78 is 5.17. The molecule has 1 aliphatic heterocycles. The lowest BCUT2D eigenvalue weighted by Gasteiger charge is -2.34. The van der Waals surface area contributed by atoms with Crippen LogP contribution in [0.2, 0.25) is 5.02 Å². The van der Waals surface area contributed by atoms with E-state index >= 15 is 0 Å². The molecule has 1 N–H and O–H groups in total. The number of rotatable bonds is 4. The zero-order valence-corrected chi connectivity index (χ0v) is 18.2. The van der Waals surface area contributed by atoms with E-state index in [1.165, 1.54) is 17.8 Å². The largest absolute Gasteiger partial charge is 0.495 e. The van der Waals surface area contributed by atoms with Crippen LogP contribution in [0.15, 0.2) is 24.5 Å². The lowest BCUT2D eigenvalue weighted by Crippen LogP contribution is -2.38. The quantitative estimate of drug-likeness (QED) is 0.608. The maximum Gasteiger partial charge on any atom is 0.266 e. The van der Waals surface area contributed by atoms with Crippen molar-refractivity contribution in [2.24, 2.45) is 0 Å². The van der Waals surface area contributed by atoms with Gasteiger partial charge in [-0.2, -0.15) is 0 Å². The van der Waals surface area contributed by atoms with Gasteiger partial charge in [0, 0.05) is 18.3 Å². The summed E-state index contributed by atoms with van der Waals surface area (Å²) in [6, 6.07) is 5.62. The number of aromatic nitrogens is 2.